The molecule has 0 saturated heterocycles. The minimum absolute atomic E-state index is 0.226. The molecule has 0 aliphatic rings. The lowest BCUT2D eigenvalue weighted by Crippen LogP contribution is -2.56. The van der Waals surface area contributed by atoms with Gasteiger partial charge >= 0.3 is 0 Å². The molecule has 0 heterocycles. The quantitative estimate of drug-likeness (QED) is 0.583. The number of carbonyl (C=O) groups excluding carboxylic acids is 2. The van der Waals surface area contributed by atoms with Crippen molar-refractivity contribution in [3.8, 4) is 0 Å². The van der Waals surface area contributed by atoms with Crippen molar-refractivity contribution in [1.29, 1.82) is 0 Å². The Morgan fingerprint density at radius 2 is 1.69 bits per heavy atom. The summed E-state index contributed by atoms with van der Waals surface area (Å²) in [5, 5.41) is 1.93. The van der Waals surface area contributed by atoms with Crippen molar-refractivity contribution in [3.63, 3.8) is 0 Å². The van der Waals surface area contributed by atoms with Crippen molar-refractivity contribution in [3.05, 3.63) is 63.1 Å². The number of hydrogen-bond donors (Lipinski definition) is 2. The molecule has 0 fully saturated rings. The number of nitrogens with one attached hydrogen (secondary N) is 1. The molecule has 0 radical (unpaired) electrons. The van der Waals surface area contributed by atoms with E-state index in [0.717, 1.165) is 0 Å². The summed E-state index contributed by atoms with van der Waals surface area (Å²) in [6, 6.07) is 9.78. The Labute approximate surface area is 163 Å². The Bertz CT molecular complexity index is 860. The summed E-state index contributed by atoms with van der Waals surface area (Å²) in [4.78, 5) is 25.7. The number of anilines is 1. The fraction of sp³-hybridized carbons (Fsp3) is 0.263. The number of halogens is 2. The second-order valence-corrected chi connectivity index (χ2v) is 7.76. The van der Waals surface area contributed by atoms with Crippen molar-refractivity contribution in [1.82, 2.24) is 10.4 Å². The molecule has 0 atom stereocenters. The van der Waals surface area contributed by atoms with Gasteiger partial charge in [-0.25, -0.2) is 5.01 Å². The zero-order chi connectivity index (χ0) is 19.6. The van der Waals surface area contributed by atoms with E-state index in [1.54, 1.807) is 58.0 Å². The lowest BCUT2D eigenvalue weighted by molar-refractivity contribution is 0.0359. The van der Waals surface area contributed by atoms with E-state index in [2.05, 4.69) is 5.43 Å². The summed E-state index contributed by atoms with van der Waals surface area (Å²) >= 11 is 12.2. The van der Waals surface area contributed by atoms with E-state index in [-0.39, 0.29) is 11.1 Å². The first-order chi connectivity index (χ1) is 12.0. The van der Waals surface area contributed by atoms with Crippen LogP contribution in [0.2, 0.25) is 10.0 Å². The van der Waals surface area contributed by atoms with Gasteiger partial charge in [-0.1, -0.05) is 35.3 Å². The highest BCUT2D eigenvalue weighted by molar-refractivity contribution is 6.33. The SMILES string of the molecule is Cc1cc(Cl)cc(C(=O)N(NC(=O)c2ccccc2Cl)C(C)(C)C)c1N. The van der Waals surface area contributed by atoms with Crippen LogP contribution in [-0.2, 0) is 0 Å². The van der Waals surface area contributed by atoms with Crippen molar-refractivity contribution in [2.75, 3.05) is 5.73 Å². The molecule has 0 saturated carbocycles. The Hall–Kier alpha value is -2.24. The number of nitrogens with two attached hydrogens (primary N) is 1. The van der Waals surface area contributed by atoms with Crippen molar-refractivity contribution in [2.24, 2.45) is 0 Å². The smallest absolute Gasteiger partial charge is 0.274 e. The van der Waals surface area contributed by atoms with Crippen LogP contribution in [-0.4, -0.2) is 22.4 Å². The average Bonchev–Trinajstić information content (AvgIpc) is 2.54. The molecule has 0 unspecified atom stereocenters. The molecule has 0 bridgehead atoms. The second kappa shape index (κ2) is 7.56. The normalized spacial score (nSPS) is 11.2. The first-order valence-electron chi connectivity index (χ1n) is 7.98. The first kappa shape index (κ1) is 20.1. The number of aryl methyl sites for hydroxylation is 1. The highest BCUT2D eigenvalue weighted by Crippen LogP contribution is 2.26. The largest absolute Gasteiger partial charge is 0.398 e. The molecule has 7 heteroatoms. The third-order valence-electron chi connectivity index (χ3n) is 3.79. The second-order valence-electron chi connectivity index (χ2n) is 6.92. The third kappa shape index (κ3) is 4.29. The molecule has 26 heavy (non-hydrogen) atoms. The van der Waals surface area contributed by atoms with E-state index in [1.807, 2.05) is 0 Å². The van der Waals surface area contributed by atoms with E-state index in [0.29, 0.717) is 21.3 Å². The van der Waals surface area contributed by atoms with Gasteiger partial charge in [0.05, 0.1) is 21.7 Å². The lowest BCUT2D eigenvalue weighted by atomic mass is 10.0. The topological polar surface area (TPSA) is 75.4 Å². The predicted molar refractivity (Wildman–Crippen MR) is 105 cm³/mol. The maximum absolute atomic E-state index is 13.1. The zero-order valence-electron chi connectivity index (χ0n) is 15.1. The molecule has 138 valence electrons. The molecular weight excluding hydrogens is 373 g/mol. The van der Waals surface area contributed by atoms with Gasteiger partial charge in [0, 0.05) is 10.7 Å². The van der Waals surface area contributed by atoms with E-state index in [4.69, 9.17) is 28.9 Å². The Balaban J connectivity index is 2.42. The van der Waals surface area contributed by atoms with Crippen LogP contribution >= 0.6 is 23.2 Å². The van der Waals surface area contributed by atoms with Crippen LogP contribution in [0.3, 0.4) is 0 Å². The number of carbonyl (C=O) groups is 2. The van der Waals surface area contributed by atoms with Gasteiger partial charge in [-0.15, -0.1) is 0 Å². The number of amides is 2. The van der Waals surface area contributed by atoms with Crippen LogP contribution in [0.15, 0.2) is 36.4 Å². The van der Waals surface area contributed by atoms with Crippen molar-refractivity contribution < 1.29 is 9.59 Å². The van der Waals surface area contributed by atoms with Gasteiger partial charge in [0.15, 0.2) is 0 Å². The van der Waals surface area contributed by atoms with Crippen LogP contribution in [0, 0.1) is 6.92 Å². The maximum atomic E-state index is 13.1. The van der Waals surface area contributed by atoms with E-state index in [9.17, 15) is 9.59 Å². The van der Waals surface area contributed by atoms with Crippen LogP contribution in [0.4, 0.5) is 5.69 Å². The maximum Gasteiger partial charge on any atom is 0.274 e. The predicted octanol–water partition coefficient (Wildman–Crippen LogP) is 4.47. The molecule has 2 amide bonds. The van der Waals surface area contributed by atoms with Crippen LogP contribution < -0.4 is 11.2 Å². The molecule has 3 N–H and O–H groups in total. The Kier molecular flexibility index (Phi) is 5.84. The molecule has 5 nitrogen and oxygen atoms in total. The minimum Gasteiger partial charge on any atom is -0.398 e. The monoisotopic (exact) mass is 393 g/mol. The molecule has 2 rings (SSSR count). The van der Waals surface area contributed by atoms with Crippen LogP contribution in [0.25, 0.3) is 0 Å². The summed E-state index contributed by atoms with van der Waals surface area (Å²) in [5.41, 5.74) is 9.49. The van der Waals surface area contributed by atoms with E-state index < -0.39 is 17.4 Å². The first-order valence-corrected chi connectivity index (χ1v) is 8.73. The number of hydrazine groups is 1. The van der Waals surface area contributed by atoms with Gasteiger partial charge in [0.2, 0.25) is 0 Å². The summed E-state index contributed by atoms with van der Waals surface area (Å²) in [7, 11) is 0. The number of nitrogens with zero attached hydrogens (tertiary/aromatic N) is 1. The van der Waals surface area contributed by atoms with Crippen LogP contribution in [0.5, 0.6) is 0 Å². The van der Waals surface area contributed by atoms with E-state index >= 15 is 0 Å². The highest BCUT2D eigenvalue weighted by Gasteiger charge is 2.31. The molecule has 0 aliphatic heterocycles. The van der Waals surface area contributed by atoms with Crippen LogP contribution in [0.1, 0.15) is 47.1 Å². The number of benzene rings is 2. The molecule has 2 aromatic carbocycles. The molecule has 0 aliphatic carbocycles. The van der Waals surface area contributed by atoms with Gasteiger partial charge in [-0.2, -0.15) is 0 Å². The molecule has 0 aromatic heterocycles. The number of nitrogen functional groups attached to an aromatic ring is 1. The summed E-state index contributed by atoms with van der Waals surface area (Å²) in [6.45, 7) is 7.16. The lowest BCUT2D eigenvalue weighted by Gasteiger charge is -2.36. The standard InChI is InChI=1S/C19H21Cl2N3O2/c1-11-9-12(20)10-14(16(11)22)18(26)24(19(2,3)4)23-17(25)13-7-5-6-8-15(13)21/h5-10H,22H2,1-4H3,(H,23,25). The number of hydrogen-bond acceptors (Lipinski definition) is 3. The minimum atomic E-state index is -0.712. The highest BCUT2D eigenvalue weighted by atomic mass is 35.5. The third-order valence-corrected chi connectivity index (χ3v) is 4.34. The van der Waals surface area contributed by atoms with Gasteiger partial charge < -0.3 is 5.73 Å². The van der Waals surface area contributed by atoms with Gasteiger partial charge in [-0.3, -0.25) is 15.0 Å². The summed E-state index contributed by atoms with van der Waals surface area (Å²) in [6.07, 6.45) is 0. The van der Waals surface area contributed by atoms with Gasteiger partial charge in [0.1, 0.15) is 0 Å². The molecule has 2 aromatic rings. The van der Waals surface area contributed by atoms with Crippen molar-refractivity contribution in [2.45, 2.75) is 33.2 Å². The van der Waals surface area contributed by atoms with Gasteiger partial charge in [-0.05, 0) is 57.5 Å². The summed E-state index contributed by atoms with van der Waals surface area (Å²) in [5.74, 6) is -0.947. The fourth-order valence-electron chi connectivity index (χ4n) is 2.38. The summed E-state index contributed by atoms with van der Waals surface area (Å²) < 4.78 is 0. The zero-order valence-corrected chi connectivity index (χ0v) is 16.6. The van der Waals surface area contributed by atoms with E-state index in [1.165, 1.54) is 11.1 Å². The molecular formula is C19H21Cl2N3O2. The number of rotatable bonds is 2. The average molecular weight is 394 g/mol. The van der Waals surface area contributed by atoms with Crippen molar-refractivity contribution >= 4 is 40.7 Å². The molecule has 0 spiro atoms. The Morgan fingerprint density at radius 3 is 2.27 bits per heavy atom. The van der Waals surface area contributed by atoms with Gasteiger partial charge in [0.25, 0.3) is 11.8 Å². The fourth-order valence-corrected chi connectivity index (χ4v) is 2.88. The Morgan fingerprint density at radius 1 is 1.08 bits per heavy atom.